The van der Waals surface area contributed by atoms with Gasteiger partial charge >= 0.3 is 0 Å². The number of pyridine rings is 1. The van der Waals surface area contributed by atoms with Gasteiger partial charge in [-0.3, -0.25) is 4.98 Å². The van der Waals surface area contributed by atoms with Gasteiger partial charge in [-0.2, -0.15) is 0 Å². The maximum Gasteiger partial charge on any atom is 0.0703 e. The summed E-state index contributed by atoms with van der Waals surface area (Å²) in [6.45, 7) is 4.31. The standard InChI is InChI=1S/C28H28N4S/c1-21(31-25-17-24-12-6-8-14-27(24)30-18-25)26-13-7-9-15-28(26)33-20-23(19-32(2)29)16-22-10-4-3-5-11-22/h3-15,17-19,31H,1,16,20,29H2,2H3/b23-19+. The van der Waals surface area contributed by atoms with Crippen LogP contribution in [0.3, 0.4) is 0 Å². The highest BCUT2D eigenvalue weighted by atomic mass is 32.2. The van der Waals surface area contributed by atoms with Crippen molar-refractivity contribution in [3.05, 3.63) is 121 Å². The third-order valence-corrected chi connectivity index (χ3v) is 6.35. The molecule has 0 aliphatic heterocycles. The number of hydrazine groups is 1. The fraction of sp³-hybridized carbons (Fsp3) is 0.107. The Labute approximate surface area is 199 Å². The zero-order chi connectivity index (χ0) is 23.0. The number of nitrogens with zero attached hydrogens (tertiary/aromatic N) is 2. The van der Waals surface area contributed by atoms with Gasteiger partial charge in [-0.1, -0.05) is 73.3 Å². The van der Waals surface area contributed by atoms with Gasteiger partial charge in [-0.15, -0.1) is 11.8 Å². The Morgan fingerprint density at radius 2 is 1.76 bits per heavy atom. The number of aromatic nitrogens is 1. The summed E-state index contributed by atoms with van der Waals surface area (Å²) in [6, 6.07) is 29.0. The van der Waals surface area contributed by atoms with Gasteiger partial charge in [0.2, 0.25) is 0 Å². The molecule has 1 aromatic heterocycles. The first kappa shape index (κ1) is 22.6. The molecule has 0 aliphatic carbocycles. The lowest BCUT2D eigenvalue weighted by Crippen LogP contribution is -2.20. The van der Waals surface area contributed by atoms with Crippen molar-refractivity contribution in [3.8, 4) is 0 Å². The van der Waals surface area contributed by atoms with E-state index >= 15 is 0 Å². The summed E-state index contributed by atoms with van der Waals surface area (Å²) in [4.78, 5) is 5.71. The smallest absolute Gasteiger partial charge is 0.0703 e. The van der Waals surface area contributed by atoms with Crippen LogP contribution in [0.25, 0.3) is 16.6 Å². The molecule has 0 saturated heterocycles. The monoisotopic (exact) mass is 452 g/mol. The van der Waals surface area contributed by atoms with Crippen molar-refractivity contribution in [2.45, 2.75) is 11.3 Å². The summed E-state index contributed by atoms with van der Waals surface area (Å²) in [5.41, 5.74) is 6.35. The molecule has 4 rings (SSSR count). The molecule has 0 spiro atoms. The minimum absolute atomic E-state index is 0.832. The van der Waals surface area contributed by atoms with Gasteiger partial charge in [0.05, 0.1) is 17.4 Å². The van der Waals surface area contributed by atoms with Crippen LogP contribution in [0.1, 0.15) is 11.1 Å². The van der Waals surface area contributed by atoms with Crippen LogP contribution in [-0.2, 0) is 6.42 Å². The molecule has 0 bridgehead atoms. The molecule has 0 atom stereocenters. The zero-order valence-electron chi connectivity index (χ0n) is 18.7. The van der Waals surface area contributed by atoms with Crippen LogP contribution in [0.2, 0.25) is 0 Å². The lowest BCUT2D eigenvalue weighted by molar-refractivity contribution is 0.479. The van der Waals surface area contributed by atoms with E-state index in [0.717, 1.165) is 40.0 Å². The number of nitrogens with two attached hydrogens (primary N) is 1. The molecule has 0 radical (unpaired) electrons. The molecule has 166 valence electrons. The zero-order valence-corrected chi connectivity index (χ0v) is 19.6. The van der Waals surface area contributed by atoms with Gasteiger partial charge in [0.1, 0.15) is 0 Å². The van der Waals surface area contributed by atoms with Crippen LogP contribution >= 0.6 is 11.8 Å². The summed E-state index contributed by atoms with van der Waals surface area (Å²) in [6.07, 6.45) is 4.72. The van der Waals surface area contributed by atoms with Crippen molar-refractivity contribution in [3.63, 3.8) is 0 Å². The first-order chi connectivity index (χ1) is 16.1. The summed E-state index contributed by atoms with van der Waals surface area (Å²) >= 11 is 1.79. The Balaban J connectivity index is 1.49. The fourth-order valence-corrected chi connectivity index (χ4v) is 4.71. The van der Waals surface area contributed by atoms with Crippen LogP contribution in [0, 0.1) is 0 Å². The average molecular weight is 453 g/mol. The number of hydrogen-bond donors (Lipinski definition) is 2. The maximum atomic E-state index is 5.94. The molecule has 0 aliphatic rings. The molecule has 3 N–H and O–H groups in total. The number of benzene rings is 3. The largest absolute Gasteiger partial charge is 0.354 e. The van der Waals surface area contributed by atoms with Crippen molar-refractivity contribution in [1.29, 1.82) is 0 Å². The van der Waals surface area contributed by atoms with E-state index in [9.17, 15) is 0 Å². The van der Waals surface area contributed by atoms with Crippen molar-refractivity contribution in [2.75, 3.05) is 18.1 Å². The fourth-order valence-electron chi connectivity index (χ4n) is 3.67. The predicted molar refractivity (Wildman–Crippen MR) is 142 cm³/mol. The number of nitrogens with one attached hydrogen (secondary N) is 1. The third-order valence-electron chi connectivity index (χ3n) is 5.17. The summed E-state index contributed by atoms with van der Waals surface area (Å²) in [5, 5.41) is 6.16. The highest BCUT2D eigenvalue weighted by molar-refractivity contribution is 7.99. The van der Waals surface area contributed by atoms with E-state index < -0.39 is 0 Å². The van der Waals surface area contributed by atoms with Gasteiger partial charge in [0, 0.05) is 40.5 Å². The lowest BCUT2D eigenvalue weighted by Gasteiger charge is -2.16. The molecular weight excluding hydrogens is 424 g/mol. The molecule has 0 amide bonds. The summed E-state index contributed by atoms with van der Waals surface area (Å²) < 4.78 is 0. The summed E-state index contributed by atoms with van der Waals surface area (Å²) in [7, 11) is 1.85. The molecule has 0 fully saturated rings. The quantitative estimate of drug-likeness (QED) is 0.176. The van der Waals surface area contributed by atoms with Crippen LogP contribution in [0.5, 0.6) is 0 Å². The first-order valence-corrected chi connectivity index (χ1v) is 11.8. The number of fused-ring (bicyclic) bond motifs is 1. The van der Waals surface area contributed by atoms with Crippen molar-refractivity contribution in [2.24, 2.45) is 5.84 Å². The third kappa shape index (κ3) is 6.25. The van der Waals surface area contributed by atoms with Gasteiger partial charge in [-0.05, 0) is 35.8 Å². The molecule has 33 heavy (non-hydrogen) atoms. The van der Waals surface area contributed by atoms with E-state index in [1.807, 2.05) is 49.8 Å². The Kier molecular flexibility index (Phi) is 7.45. The van der Waals surface area contributed by atoms with Crippen molar-refractivity contribution >= 4 is 34.0 Å². The SMILES string of the molecule is C=C(Nc1cnc2ccccc2c1)c1ccccc1SC/C(=C/N(C)N)Cc1ccccc1. The van der Waals surface area contributed by atoms with E-state index in [-0.39, 0.29) is 0 Å². The minimum Gasteiger partial charge on any atom is -0.354 e. The molecule has 0 unspecified atom stereocenters. The lowest BCUT2D eigenvalue weighted by atomic mass is 10.1. The second-order valence-corrected chi connectivity index (χ2v) is 8.94. The summed E-state index contributed by atoms with van der Waals surface area (Å²) in [5.74, 6) is 6.77. The molecule has 5 heteroatoms. The van der Waals surface area contributed by atoms with Crippen molar-refractivity contribution < 1.29 is 0 Å². The Hall–Kier alpha value is -3.54. The van der Waals surface area contributed by atoms with Crippen LogP contribution in [0.15, 0.2) is 114 Å². The topological polar surface area (TPSA) is 54.2 Å². The maximum absolute atomic E-state index is 5.94. The molecule has 4 aromatic rings. The Morgan fingerprint density at radius 1 is 1.03 bits per heavy atom. The number of anilines is 1. The van der Waals surface area contributed by atoms with E-state index in [4.69, 9.17) is 5.84 Å². The number of thioether (sulfide) groups is 1. The second kappa shape index (κ2) is 10.9. The minimum atomic E-state index is 0.832. The van der Waals surface area contributed by atoms with Gasteiger partial charge in [0.15, 0.2) is 0 Å². The number of rotatable bonds is 9. The van der Waals surface area contributed by atoms with Crippen LogP contribution < -0.4 is 11.2 Å². The van der Waals surface area contributed by atoms with Gasteiger partial charge < -0.3 is 10.3 Å². The molecular formula is C28H28N4S. The van der Waals surface area contributed by atoms with E-state index in [1.54, 1.807) is 16.8 Å². The van der Waals surface area contributed by atoms with Gasteiger partial charge in [0.25, 0.3) is 0 Å². The van der Waals surface area contributed by atoms with E-state index in [2.05, 4.69) is 71.5 Å². The molecule has 1 heterocycles. The van der Waals surface area contributed by atoms with Crippen LogP contribution in [-0.4, -0.2) is 22.8 Å². The Morgan fingerprint density at radius 3 is 2.58 bits per heavy atom. The van der Waals surface area contributed by atoms with E-state index in [1.165, 1.54) is 16.0 Å². The van der Waals surface area contributed by atoms with E-state index in [0.29, 0.717) is 0 Å². The second-order valence-electron chi connectivity index (χ2n) is 7.92. The number of para-hydroxylation sites is 1. The predicted octanol–water partition coefficient (Wildman–Crippen LogP) is 6.34. The average Bonchev–Trinajstić information content (AvgIpc) is 2.83. The van der Waals surface area contributed by atoms with Gasteiger partial charge in [-0.25, -0.2) is 5.84 Å². The Bertz CT molecular complexity index is 1270. The highest BCUT2D eigenvalue weighted by Crippen LogP contribution is 2.30. The first-order valence-electron chi connectivity index (χ1n) is 10.8. The molecule has 3 aromatic carbocycles. The molecule has 0 saturated carbocycles. The van der Waals surface area contributed by atoms with Crippen molar-refractivity contribution in [1.82, 2.24) is 9.99 Å². The number of hydrogen-bond acceptors (Lipinski definition) is 5. The molecule has 4 nitrogen and oxygen atoms in total. The normalized spacial score (nSPS) is 11.4. The highest BCUT2D eigenvalue weighted by Gasteiger charge is 2.10. The van der Waals surface area contributed by atoms with Crippen LogP contribution in [0.4, 0.5) is 5.69 Å².